The molecule has 0 saturated heterocycles. The molecule has 20 heavy (non-hydrogen) atoms. The summed E-state index contributed by atoms with van der Waals surface area (Å²) in [5, 5.41) is 18.6. The summed E-state index contributed by atoms with van der Waals surface area (Å²) >= 11 is 0. The molecule has 2 atom stereocenters. The summed E-state index contributed by atoms with van der Waals surface area (Å²) in [5.41, 5.74) is 0.642. The summed E-state index contributed by atoms with van der Waals surface area (Å²) < 4.78 is 7.36. The Hall–Kier alpha value is -1.76. The van der Waals surface area contributed by atoms with E-state index < -0.39 is 0 Å². The predicted molar refractivity (Wildman–Crippen MR) is 74.4 cm³/mol. The second-order valence-corrected chi connectivity index (χ2v) is 5.34. The molecule has 108 valence electrons. The van der Waals surface area contributed by atoms with Crippen molar-refractivity contribution in [2.45, 2.75) is 38.7 Å². The Balaban J connectivity index is 1.45. The minimum atomic E-state index is 0.417. The Labute approximate surface area is 117 Å². The maximum atomic E-state index is 5.95. The molecule has 1 saturated carbocycles. The highest BCUT2D eigenvalue weighted by molar-refractivity contribution is 5.41. The van der Waals surface area contributed by atoms with E-state index >= 15 is 0 Å². The monoisotopic (exact) mass is 276 g/mol. The second-order valence-electron chi connectivity index (χ2n) is 5.34. The number of nitrogens with one attached hydrogen (secondary N) is 1. The van der Waals surface area contributed by atoms with Crippen molar-refractivity contribution in [1.29, 1.82) is 0 Å². The van der Waals surface area contributed by atoms with Gasteiger partial charge in [-0.15, -0.1) is 14.8 Å². The van der Waals surface area contributed by atoms with Gasteiger partial charge in [-0.2, -0.15) is 0 Å². The molecular weight excluding hydrogens is 256 g/mol. The summed E-state index contributed by atoms with van der Waals surface area (Å²) in [7, 11) is 0. The van der Waals surface area contributed by atoms with Crippen molar-refractivity contribution in [2.75, 3.05) is 18.5 Å². The molecule has 1 N–H and O–H groups in total. The van der Waals surface area contributed by atoms with Gasteiger partial charge in [0.25, 0.3) is 0 Å². The number of ether oxygens (including phenoxy) is 1. The Bertz CT molecular complexity index is 557. The molecule has 0 amide bonds. The molecule has 2 heterocycles. The Morgan fingerprint density at radius 1 is 1.35 bits per heavy atom. The van der Waals surface area contributed by atoms with Crippen LogP contribution in [0.3, 0.4) is 0 Å². The lowest BCUT2D eigenvalue weighted by Crippen LogP contribution is -2.27. The Morgan fingerprint density at radius 2 is 2.25 bits per heavy atom. The fourth-order valence-corrected chi connectivity index (χ4v) is 2.66. The van der Waals surface area contributed by atoms with Crippen LogP contribution >= 0.6 is 0 Å². The van der Waals surface area contributed by atoms with Crippen molar-refractivity contribution >= 4 is 11.5 Å². The summed E-state index contributed by atoms with van der Waals surface area (Å²) in [4.78, 5) is 0. The van der Waals surface area contributed by atoms with E-state index in [2.05, 4.69) is 32.9 Å². The summed E-state index contributed by atoms with van der Waals surface area (Å²) in [6.07, 6.45) is 5.53. The van der Waals surface area contributed by atoms with Crippen molar-refractivity contribution in [2.24, 2.45) is 5.92 Å². The van der Waals surface area contributed by atoms with E-state index in [9.17, 15) is 0 Å². The minimum Gasteiger partial charge on any atom is -0.376 e. The number of anilines is 1. The van der Waals surface area contributed by atoms with Gasteiger partial charge >= 0.3 is 0 Å². The molecule has 0 spiro atoms. The number of rotatable bonds is 5. The van der Waals surface area contributed by atoms with Gasteiger partial charge in [0, 0.05) is 6.54 Å². The third kappa shape index (κ3) is 3.04. The van der Waals surface area contributed by atoms with Gasteiger partial charge in [0.15, 0.2) is 5.65 Å². The van der Waals surface area contributed by atoms with Crippen LogP contribution in [0.25, 0.3) is 5.65 Å². The van der Waals surface area contributed by atoms with Crippen molar-refractivity contribution in [3.8, 4) is 0 Å². The Morgan fingerprint density at radius 3 is 3.15 bits per heavy atom. The summed E-state index contributed by atoms with van der Waals surface area (Å²) in [5.74, 6) is 1.43. The van der Waals surface area contributed by atoms with Crippen LogP contribution in [0.4, 0.5) is 5.82 Å². The zero-order chi connectivity index (χ0) is 13.8. The average Bonchev–Trinajstić information content (AvgIpc) is 2.93. The van der Waals surface area contributed by atoms with Crippen LogP contribution in [0.5, 0.6) is 0 Å². The van der Waals surface area contributed by atoms with Gasteiger partial charge in [-0.25, -0.2) is 0 Å². The van der Waals surface area contributed by atoms with E-state index in [1.807, 2.05) is 12.1 Å². The maximum Gasteiger partial charge on any atom is 0.200 e. The number of fused-ring (bicyclic) bond motifs is 1. The van der Waals surface area contributed by atoms with Crippen LogP contribution in [-0.4, -0.2) is 44.5 Å². The maximum absolute atomic E-state index is 5.95. The molecule has 7 heteroatoms. The number of aromatic nitrogens is 5. The normalized spacial score (nSPS) is 23.1. The smallest absolute Gasteiger partial charge is 0.200 e. The number of hydrogen-bond donors (Lipinski definition) is 1. The molecular formula is C13H20N6O. The molecule has 0 aromatic carbocycles. The number of hydrogen-bond acceptors (Lipinski definition) is 6. The van der Waals surface area contributed by atoms with Gasteiger partial charge < -0.3 is 10.1 Å². The summed E-state index contributed by atoms with van der Waals surface area (Å²) in [6, 6.07) is 3.70. The van der Waals surface area contributed by atoms with E-state index in [4.69, 9.17) is 4.74 Å². The molecule has 2 aromatic heterocycles. The van der Waals surface area contributed by atoms with Crippen LogP contribution in [0.15, 0.2) is 12.1 Å². The standard InChI is InChI=1S/C13H20N6O/c1-10-4-2-3-5-11(10)20-9-8-14-12-6-7-13-15-17-18-19(13)16-12/h6-7,10-11H,2-5,8-9H2,1H3,(H,14,16). The molecule has 1 fully saturated rings. The van der Waals surface area contributed by atoms with Crippen LogP contribution in [0, 0.1) is 5.92 Å². The molecule has 7 nitrogen and oxygen atoms in total. The van der Waals surface area contributed by atoms with Crippen LogP contribution in [0.2, 0.25) is 0 Å². The van der Waals surface area contributed by atoms with E-state index in [0.717, 1.165) is 12.4 Å². The number of tetrazole rings is 1. The van der Waals surface area contributed by atoms with Crippen LogP contribution < -0.4 is 5.32 Å². The fourth-order valence-electron chi connectivity index (χ4n) is 2.66. The highest BCUT2D eigenvalue weighted by Crippen LogP contribution is 2.26. The van der Waals surface area contributed by atoms with Crippen molar-refractivity contribution in [1.82, 2.24) is 25.3 Å². The highest BCUT2D eigenvalue weighted by Gasteiger charge is 2.21. The first-order valence-electron chi connectivity index (χ1n) is 7.24. The first kappa shape index (κ1) is 13.2. The molecule has 0 aliphatic heterocycles. The minimum absolute atomic E-state index is 0.417. The van der Waals surface area contributed by atoms with E-state index in [0.29, 0.717) is 24.3 Å². The van der Waals surface area contributed by atoms with Gasteiger partial charge in [0.1, 0.15) is 5.82 Å². The zero-order valence-corrected chi connectivity index (χ0v) is 11.7. The SMILES string of the molecule is CC1CCCCC1OCCNc1ccc2nnnn2n1. The molecule has 2 unspecified atom stereocenters. The van der Waals surface area contributed by atoms with Gasteiger partial charge in [-0.05, 0) is 41.3 Å². The Kier molecular flexibility index (Phi) is 4.05. The molecule has 1 aliphatic rings. The largest absolute Gasteiger partial charge is 0.376 e. The molecule has 1 aliphatic carbocycles. The quantitative estimate of drug-likeness (QED) is 0.834. The fraction of sp³-hybridized carbons (Fsp3) is 0.692. The van der Waals surface area contributed by atoms with Crippen molar-refractivity contribution in [3.63, 3.8) is 0 Å². The highest BCUT2D eigenvalue weighted by atomic mass is 16.5. The molecule has 2 aromatic rings. The van der Waals surface area contributed by atoms with E-state index in [1.54, 1.807) is 0 Å². The van der Waals surface area contributed by atoms with E-state index in [1.165, 1.54) is 30.3 Å². The number of nitrogens with zero attached hydrogens (tertiary/aromatic N) is 5. The van der Waals surface area contributed by atoms with Crippen LogP contribution in [-0.2, 0) is 4.74 Å². The molecule has 0 bridgehead atoms. The lowest BCUT2D eigenvalue weighted by Gasteiger charge is -2.28. The second kappa shape index (κ2) is 6.13. The lowest BCUT2D eigenvalue weighted by atomic mass is 9.88. The summed E-state index contributed by atoms with van der Waals surface area (Å²) in [6.45, 7) is 3.72. The topological polar surface area (TPSA) is 77.2 Å². The van der Waals surface area contributed by atoms with Crippen molar-refractivity contribution in [3.05, 3.63) is 12.1 Å². The third-order valence-corrected chi connectivity index (χ3v) is 3.84. The van der Waals surface area contributed by atoms with Gasteiger partial charge in [0.2, 0.25) is 0 Å². The molecule has 3 rings (SSSR count). The first-order valence-corrected chi connectivity index (χ1v) is 7.24. The lowest BCUT2D eigenvalue weighted by molar-refractivity contribution is 0.000367. The van der Waals surface area contributed by atoms with Gasteiger partial charge in [0.05, 0.1) is 12.7 Å². The first-order chi connectivity index (χ1) is 9.83. The van der Waals surface area contributed by atoms with Gasteiger partial charge in [-0.3, -0.25) is 0 Å². The van der Waals surface area contributed by atoms with Crippen LogP contribution in [0.1, 0.15) is 32.6 Å². The third-order valence-electron chi connectivity index (χ3n) is 3.84. The molecule has 0 radical (unpaired) electrons. The van der Waals surface area contributed by atoms with Crippen molar-refractivity contribution < 1.29 is 4.74 Å². The average molecular weight is 276 g/mol. The van der Waals surface area contributed by atoms with E-state index in [-0.39, 0.29) is 0 Å². The zero-order valence-electron chi connectivity index (χ0n) is 11.7. The predicted octanol–water partition coefficient (Wildman–Crippen LogP) is 1.53. The van der Waals surface area contributed by atoms with Gasteiger partial charge in [-0.1, -0.05) is 19.8 Å².